The van der Waals surface area contributed by atoms with Crippen LogP contribution in [0.3, 0.4) is 0 Å². The lowest BCUT2D eigenvalue weighted by Crippen LogP contribution is -2.24. The Morgan fingerprint density at radius 3 is 2.57 bits per heavy atom. The molecule has 3 aromatic rings. The summed E-state index contributed by atoms with van der Waals surface area (Å²) in [7, 11) is -3.28. The lowest BCUT2D eigenvalue weighted by atomic mass is 9.97. The van der Waals surface area contributed by atoms with Crippen LogP contribution in [0.2, 0.25) is 5.02 Å². The Hall–Kier alpha value is -2.04. The molecule has 23 heavy (non-hydrogen) atoms. The number of hydrogen-bond acceptors (Lipinski definition) is 2. The summed E-state index contributed by atoms with van der Waals surface area (Å²) in [6.45, 7) is 0. The second-order valence-corrected chi connectivity index (χ2v) is 8.00. The number of benzene rings is 3. The summed E-state index contributed by atoms with van der Waals surface area (Å²) in [6.07, 6.45) is 0.478. The van der Waals surface area contributed by atoms with Crippen molar-refractivity contribution in [2.75, 3.05) is 10.5 Å². The zero-order chi connectivity index (χ0) is 16.0. The maximum absolute atomic E-state index is 12.0. The van der Waals surface area contributed by atoms with Gasteiger partial charge < -0.3 is 0 Å². The molecule has 0 atom stereocenters. The number of sulfonamides is 1. The van der Waals surface area contributed by atoms with Gasteiger partial charge in [-0.2, -0.15) is 0 Å². The Morgan fingerprint density at radius 2 is 1.74 bits per heavy atom. The monoisotopic (exact) mass is 343 g/mol. The average molecular weight is 344 g/mol. The predicted molar refractivity (Wildman–Crippen MR) is 95.5 cm³/mol. The zero-order valence-corrected chi connectivity index (χ0v) is 13.8. The van der Waals surface area contributed by atoms with Crippen molar-refractivity contribution in [3.8, 4) is 11.1 Å². The fraction of sp³-hybridized carbons (Fsp3) is 0.111. The fourth-order valence-electron chi connectivity index (χ4n) is 3.02. The molecule has 3 aromatic carbocycles. The molecule has 0 amide bonds. The van der Waals surface area contributed by atoms with E-state index in [9.17, 15) is 8.42 Å². The van der Waals surface area contributed by atoms with Gasteiger partial charge in [-0.25, -0.2) is 8.42 Å². The number of fused-ring (bicyclic) bond motifs is 2. The molecule has 0 spiro atoms. The summed E-state index contributed by atoms with van der Waals surface area (Å²) in [5.74, 6) is 0.0947. The first-order chi connectivity index (χ1) is 11.0. The number of halogens is 1. The van der Waals surface area contributed by atoms with Crippen molar-refractivity contribution in [1.82, 2.24) is 0 Å². The molecule has 0 saturated carbocycles. The highest BCUT2D eigenvalue weighted by Crippen LogP contribution is 2.38. The number of nitrogens with one attached hydrogen (secondary N) is 1. The molecule has 5 heteroatoms. The first kappa shape index (κ1) is 14.5. The van der Waals surface area contributed by atoms with Crippen molar-refractivity contribution in [2.24, 2.45) is 0 Å². The molecule has 0 aromatic heterocycles. The third-order valence-corrected chi connectivity index (χ3v) is 5.62. The van der Waals surface area contributed by atoms with E-state index in [1.807, 2.05) is 42.5 Å². The van der Waals surface area contributed by atoms with Gasteiger partial charge in [0.15, 0.2) is 0 Å². The van der Waals surface area contributed by atoms with E-state index in [4.69, 9.17) is 11.6 Å². The molecule has 0 radical (unpaired) electrons. The maximum atomic E-state index is 12.0. The minimum atomic E-state index is -3.28. The average Bonchev–Trinajstić information content (AvgIpc) is 2.54. The van der Waals surface area contributed by atoms with Gasteiger partial charge in [0, 0.05) is 10.6 Å². The van der Waals surface area contributed by atoms with E-state index in [1.54, 1.807) is 0 Å². The minimum Gasteiger partial charge on any atom is -0.283 e. The molecular weight excluding hydrogens is 330 g/mol. The van der Waals surface area contributed by atoms with Crippen LogP contribution in [0, 0.1) is 0 Å². The van der Waals surface area contributed by atoms with Crippen molar-refractivity contribution < 1.29 is 8.42 Å². The molecule has 1 heterocycles. The summed E-state index contributed by atoms with van der Waals surface area (Å²) < 4.78 is 26.6. The summed E-state index contributed by atoms with van der Waals surface area (Å²) in [5.41, 5.74) is 3.36. The van der Waals surface area contributed by atoms with Crippen molar-refractivity contribution in [3.63, 3.8) is 0 Å². The summed E-state index contributed by atoms with van der Waals surface area (Å²) >= 11 is 6.24. The zero-order valence-electron chi connectivity index (χ0n) is 12.2. The van der Waals surface area contributed by atoms with Gasteiger partial charge in [0.1, 0.15) is 0 Å². The van der Waals surface area contributed by atoms with E-state index < -0.39 is 10.0 Å². The summed E-state index contributed by atoms with van der Waals surface area (Å²) in [4.78, 5) is 0. The Labute approximate surface area is 140 Å². The van der Waals surface area contributed by atoms with Gasteiger partial charge >= 0.3 is 0 Å². The molecule has 4 rings (SSSR count). The standard InChI is InChI=1S/C18H14ClNO2S/c19-16-10-15-7-8-23(21,22)20-18(15)17(11-16)14-6-5-12-3-1-2-4-13(12)9-14/h1-6,9-11,20H,7-8H2. The van der Waals surface area contributed by atoms with E-state index in [0.717, 1.165) is 27.5 Å². The number of aryl methyl sites for hydroxylation is 1. The molecule has 0 aliphatic carbocycles. The third kappa shape index (κ3) is 2.69. The van der Waals surface area contributed by atoms with Gasteiger partial charge in [-0.1, -0.05) is 48.0 Å². The van der Waals surface area contributed by atoms with E-state index in [1.165, 1.54) is 0 Å². The normalized spacial score (nSPS) is 15.9. The van der Waals surface area contributed by atoms with Gasteiger partial charge in [-0.3, -0.25) is 4.72 Å². The topological polar surface area (TPSA) is 46.2 Å². The second kappa shape index (κ2) is 5.25. The van der Waals surface area contributed by atoms with Gasteiger partial charge in [-0.15, -0.1) is 0 Å². The van der Waals surface area contributed by atoms with Gasteiger partial charge in [0.05, 0.1) is 11.4 Å². The Balaban J connectivity index is 1.95. The van der Waals surface area contributed by atoms with E-state index >= 15 is 0 Å². The van der Waals surface area contributed by atoms with Crippen LogP contribution in [0.4, 0.5) is 5.69 Å². The van der Waals surface area contributed by atoms with Gasteiger partial charge in [0.2, 0.25) is 10.0 Å². The highest BCUT2D eigenvalue weighted by molar-refractivity contribution is 7.92. The molecule has 0 fully saturated rings. The molecular formula is C18H14ClNO2S. The minimum absolute atomic E-state index is 0.0947. The lowest BCUT2D eigenvalue weighted by molar-refractivity contribution is 0.599. The summed E-state index contributed by atoms with van der Waals surface area (Å²) in [6, 6.07) is 17.8. The van der Waals surface area contributed by atoms with E-state index in [2.05, 4.69) is 16.9 Å². The largest absolute Gasteiger partial charge is 0.283 e. The smallest absolute Gasteiger partial charge is 0.233 e. The number of hydrogen-bond donors (Lipinski definition) is 1. The summed E-state index contributed by atoms with van der Waals surface area (Å²) in [5, 5.41) is 2.87. The SMILES string of the molecule is O=S1(=O)CCc2cc(Cl)cc(-c3ccc4ccccc4c3)c2N1. The maximum Gasteiger partial charge on any atom is 0.233 e. The van der Waals surface area contributed by atoms with Crippen LogP contribution in [0.1, 0.15) is 5.56 Å². The van der Waals surface area contributed by atoms with Crippen LogP contribution in [-0.4, -0.2) is 14.2 Å². The molecule has 1 aliphatic rings. The highest BCUT2D eigenvalue weighted by atomic mass is 35.5. The predicted octanol–water partition coefficient (Wildman–Crippen LogP) is 4.46. The van der Waals surface area contributed by atoms with E-state index in [-0.39, 0.29) is 5.75 Å². The van der Waals surface area contributed by atoms with Crippen LogP contribution in [0.5, 0.6) is 0 Å². The quantitative estimate of drug-likeness (QED) is 0.709. The van der Waals surface area contributed by atoms with Crippen molar-refractivity contribution in [3.05, 3.63) is 65.2 Å². The first-order valence-corrected chi connectivity index (χ1v) is 9.37. The Kier molecular flexibility index (Phi) is 3.32. The molecule has 1 N–H and O–H groups in total. The molecule has 3 nitrogen and oxygen atoms in total. The molecule has 116 valence electrons. The molecule has 1 aliphatic heterocycles. The van der Waals surface area contributed by atoms with Crippen LogP contribution in [0.15, 0.2) is 54.6 Å². The fourth-order valence-corrected chi connectivity index (χ4v) is 4.40. The Morgan fingerprint density at radius 1 is 0.957 bits per heavy atom. The highest BCUT2D eigenvalue weighted by Gasteiger charge is 2.23. The van der Waals surface area contributed by atoms with Crippen molar-refractivity contribution in [1.29, 1.82) is 0 Å². The van der Waals surface area contributed by atoms with Crippen LogP contribution in [0.25, 0.3) is 21.9 Å². The number of anilines is 1. The van der Waals surface area contributed by atoms with E-state index in [0.29, 0.717) is 17.1 Å². The van der Waals surface area contributed by atoms with Crippen LogP contribution < -0.4 is 4.72 Å². The molecule has 0 saturated heterocycles. The van der Waals surface area contributed by atoms with Crippen LogP contribution in [-0.2, 0) is 16.4 Å². The van der Waals surface area contributed by atoms with Crippen LogP contribution >= 0.6 is 11.6 Å². The molecule has 0 unspecified atom stereocenters. The third-order valence-electron chi connectivity index (χ3n) is 4.14. The van der Waals surface area contributed by atoms with Crippen molar-refractivity contribution >= 4 is 38.1 Å². The lowest BCUT2D eigenvalue weighted by Gasteiger charge is -2.22. The molecule has 0 bridgehead atoms. The second-order valence-electron chi connectivity index (χ2n) is 5.72. The van der Waals surface area contributed by atoms with Gasteiger partial charge in [0.25, 0.3) is 0 Å². The Bertz CT molecular complexity index is 1030. The first-order valence-electron chi connectivity index (χ1n) is 7.34. The van der Waals surface area contributed by atoms with Crippen molar-refractivity contribution in [2.45, 2.75) is 6.42 Å². The number of rotatable bonds is 1. The van der Waals surface area contributed by atoms with Gasteiger partial charge in [-0.05, 0) is 46.5 Å².